The third-order valence-electron chi connectivity index (χ3n) is 3.88. The van der Waals surface area contributed by atoms with Gasteiger partial charge in [-0.3, -0.25) is 0 Å². The Morgan fingerprint density at radius 2 is 2.20 bits per heavy atom. The van der Waals surface area contributed by atoms with Crippen LogP contribution in [-0.2, 0) is 6.61 Å². The van der Waals surface area contributed by atoms with Crippen molar-refractivity contribution in [1.82, 2.24) is 20.4 Å². The Morgan fingerprint density at radius 3 is 2.92 bits per heavy atom. The van der Waals surface area contributed by atoms with Crippen molar-refractivity contribution in [1.29, 1.82) is 0 Å². The van der Waals surface area contributed by atoms with Crippen LogP contribution in [0, 0.1) is 5.82 Å². The van der Waals surface area contributed by atoms with E-state index < -0.39 is 0 Å². The van der Waals surface area contributed by atoms with Gasteiger partial charge in [-0.1, -0.05) is 5.16 Å². The number of nitrogens with zero attached hydrogens (tertiary/aromatic N) is 3. The van der Waals surface area contributed by atoms with E-state index in [0.29, 0.717) is 24.0 Å². The summed E-state index contributed by atoms with van der Waals surface area (Å²) in [6, 6.07) is 5.45. The van der Waals surface area contributed by atoms with Crippen molar-refractivity contribution in [2.45, 2.75) is 45.4 Å². The second-order valence-electron chi connectivity index (χ2n) is 6.24. The van der Waals surface area contributed by atoms with Gasteiger partial charge in [0.1, 0.15) is 11.6 Å². The lowest BCUT2D eigenvalue weighted by Gasteiger charge is -2.23. The second kappa shape index (κ2) is 7.50. The molecule has 2 heterocycles. The van der Waals surface area contributed by atoms with Crippen LogP contribution in [0.15, 0.2) is 28.8 Å². The molecule has 8 heteroatoms. The summed E-state index contributed by atoms with van der Waals surface area (Å²) in [4.78, 5) is 18.3. The van der Waals surface area contributed by atoms with Gasteiger partial charge in [-0.05, 0) is 51.0 Å². The highest BCUT2D eigenvalue weighted by Crippen LogP contribution is 2.30. The molecular formula is C17H21FN4O3. The van der Waals surface area contributed by atoms with Crippen LogP contribution in [0.1, 0.15) is 44.4 Å². The zero-order valence-corrected chi connectivity index (χ0v) is 14.2. The Labute approximate surface area is 145 Å². The van der Waals surface area contributed by atoms with Gasteiger partial charge in [0.15, 0.2) is 12.4 Å². The zero-order chi connectivity index (χ0) is 17.8. The molecule has 0 aliphatic carbocycles. The van der Waals surface area contributed by atoms with Crippen LogP contribution in [-0.4, -0.2) is 33.7 Å². The number of halogens is 1. The number of aromatic nitrogens is 2. The van der Waals surface area contributed by atoms with Crippen molar-refractivity contribution >= 4 is 6.03 Å². The molecule has 2 amide bonds. The monoisotopic (exact) mass is 348 g/mol. The molecule has 0 radical (unpaired) electrons. The molecule has 1 fully saturated rings. The van der Waals surface area contributed by atoms with Crippen molar-refractivity contribution in [2.75, 3.05) is 6.54 Å². The molecule has 1 saturated heterocycles. The van der Waals surface area contributed by atoms with Gasteiger partial charge in [-0.15, -0.1) is 0 Å². The summed E-state index contributed by atoms with van der Waals surface area (Å²) in [5.74, 6) is 0.984. The maximum Gasteiger partial charge on any atom is 0.318 e. The van der Waals surface area contributed by atoms with Gasteiger partial charge in [0, 0.05) is 12.6 Å². The minimum atomic E-state index is -0.326. The van der Waals surface area contributed by atoms with E-state index in [4.69, 9.17) is 9.26 Å². The summed E-state index contributed by atoms with van der Waals surface area (Å²) in [5.41, 5.74) is 0. The Bertz CT molecular complexity index is 717. The van der Waals surface area contributed by atoms with E-state index in [0.717, 1.165) is 12.8 Å². The average molecular weight is 348 g/mol. The Hall–Kier alpha value is -2.64. The molecule has 1 N–H and O–H groups in total. The fraction of sp³-hybridized carbons (Fsp3) is 0.471. The van der Waals surface area contributed by atoms with Crippen LogP contribution in [0.4, 0.5) is 9.18 Å². The number of rotatable bonds is 5. The molecule has 7 nitrogen and oxygen atoms in total. The highest BCUT2D eigenvalue weighted by atomic mass is 19.1. The number of benzene rings is 1. The first-order valence-electron chi connectivity index (χ1n) is 8.31. The van der Waals surface area contributed by atoms with E-state index in [2.05, 4.69) is 15.5 Å². The molecule has 0 spiro atoms. The van der Waals surface area contributed by atoms with Crippen molar-refractivity contribution in [3.8, 4) is 5.75 Å². The SMILES string of the molecule is CC(C)NC(=O)N1CCCC1c1noc(COc2ccc(F)cc2)n1. The number of urea groups is 1. The first kappa shape index (κ1) is 17.2. The Morgan fingerprint density at radius 1 is 1.44 bits per heavy atom. The minimum absolute atomic E-state index is 0.0682. The minimum Gasteiger partial charge on any atom is -0.484 e. The summed E-state index contributed by atoms with van der Waals surface area (Å²) >= 11 is 0. The number of hydrogen-bond acceptors (Lipinski definition) is 5. The third kappa shape index (κ3) is 4.26. The van der Waals surface area contributed by atoms with Crippen LogP contribution < -0.4 is 10.1 Å². The lowest BCUT2D eigenvalue weighted by Crippen LogP contribution is -2.42. The predicted octanol–water partition coefficient (Wildman–Crippen LogP) is 3.04. The van der Waals surface area contributed by atoms with Crippen molar-refractivity contribution in [2.24, 2.45) is 0 Å². The molecule has 1 atom stereocenters. The summed E-state index contributed by atoms with van der Waals surface area (Å²) in [5, 5.41) is 6.88. The van der Waals surface area contributed by atoms with Crippen LogP contribution in [0.5, 0.6) is 5.75 Å². The lowest BCUT2D eigenvalue weighted by atomic mass is 10.2. The van der Waals surface area contributed by atoms with Crippen LogP contribution in [0.3, 0.4) is 0 Å². The number of amides is 2. The predicted molar refractivity (Wildman–Crippen MR) is 87.4 cm³/mol. The number of ether oxygens (including phenoxy) is 1. The largest absolute Gasteiger partial charge is 0.484 e. The van der Waals surface area contributed by atoms with Gasteiger partial charge in [-0.25, -0.2) is 9.18 Å². The van der Waals surface area contributed by atoms with Crippen molar-refractivity contribution in [3.63, 3.8) is 0 Å². The molecule has 1 unspecified atom stereocenters. The van der Waals surface area contributed by atoms with Gasteiger partial charge in [0.2, 0.25) is 0 Å². The number of carbonyl (C=O) groups is 1. The molecule has 1 aliphatic heterocycles. The van der Waals surface area contributed by atoms with E-state index in [1.807, 2.05) is 13.8 Å². The molecule has 0 saturated carbocycles. The molecule has 1 aromatic heterocycles. The first-order valence-corrected chi connectivity index (χ1v) is 8.31. The van der Waals surface area contributed by atoms with Gasteiger partial charge >= 0.3 is 6.03 Å². The molecule has 0 bridgehead atoms. The summed E-state index contributed by atoms with van der Waals surface area (Å²) in [6.07, 6.45) is 1.69. The maximum absolute atomic E-state index is 12.9. The molecular weight excluding hydrogens is 327 g/mol. The quantitative estimate of drug-likeness (QED) is 0.898. The molecule has 25 heavy (non-hydrogen) atoms. The number of hydrogen-bond donors (Lipinski definition) is 1. The molecule has 134 valence electrons. The first-order chi connectivity index (χ1) is 12.0. The van der Waals surface area contributed by atoms with Crippen molar-refractivity contribution in [3.05, 3.63) is 41.8 Å². The molecule has 1 aromatic carbocycles. The van der Waals surface area contributed by atoms with E-state index in [1.54, 1.807) is 4.90 Å². The molecule has 1 aliphatic rings. The van der Waals surface area contributed by atoms with Gasteiger partial charge in [0.05, 0.1) is 6.04 Å². The fourth-order valence-corrected chi connectivity index (χ4v) is 2.75. The zero-order valence-electron chi connectivity index (χ0n) is 14.2. The number of nitrogens with one attached hydrogen (secondary N) is 1. The number of likely N-dealkylation sites (tertiary alicyclic amines) is 1. The van der Waals surface area contributed by atoms with Gasteiger partial charge in [0.25, 0.3) is 5.89 Å². The standard InChI is InChI=1S/C17H21FN4O3/c1-11(2)19-17(23)22-9-3-4-14(22)16-20-15(25-21-16)10-24-13-7-5-12(18)6-8-13/h5-8,11,14H,3-4,9-10H2,1-2H3,(H,19,23). The normalized spacial score (nSPS) is 17.1. The fourth-order valence-electron chi connectivity index (χ4n) is 2.75. The molecule has 3 rings (SSSR count). The van der Waals surface area contributed by atoms with E-state index in [-0.39, 0.29) is 30.5 Å². The number of carbonyl (C=O) groups excluding carboxylic acids is 1. The Balaban J connectivity index is 1.62. The lowest BCUT2D eigenvalue weighted by molar-refractivity contribution is 0.187. The molecule has 2 aromatic rings. The van der Waals surface area contributed by atoms with Gasteiger partial charge < -0.3 is 19.5 Å². The summed E-state index contributed by atoms with van der Waals surface area (Å²) < 4.78 is 23.6. The summed E-state index contributed by atoms with van der Waals surface area (Å²) in [7, 11) is 0. The third-order valence-corrected chi connectivity index (χ3v) is 3.88. The highest BCUT2D eigenvalue weighted by Gasteiger charge is 2.33. The topological polar surface area (TPSA) is 80.5 Å². The van der Waals surface area contributed by atoms with Gasteiger partial charge in [-0.2, -0.15) is 4.98 Å². The van der Waals surface area contributed by atoms with Crippen LogP contribution in [0.25, 0.3) is 0 Å². The highest BCUT2D eigenvalue weighted by molar-refractivity contribution is 5.75. The Kier molecular flexibility index (Phi) is 5.16. The van der Waals surface area contributed by atoms with E-state index in [9.17, 15) is 9.18 Å². The summed E-state index contributed by atoms with van der Waals surface area (Å²) in [6.45, 7) is 4.59. The van der Waals surface area contributed by atoms with Crippen LogP contribution >= 0.6 is 0 Å². The second-order valence-corrected chi connectivity index (χ2v) is 6.24. The van der Waals surface area contributed by atoms with E-state index in [1.165, 1.54) is 24.3 Å². The van der Waals surface area contributed by atoms with E-state index >= 15 is 0 Å². The maximum atomic E-state index is 12.9. The average Bonchev–Trinajstić information content (AvgIpc) is 3.22. The van der Waals surface area contributed by atoms with Crippen LogP contribution in [0.2, 0.25) is 0 Å². The van der Waals surface area contributed by atoms with Crippen molar-refractivity contribution < 1.29 is 18.4 Å². The smallest absolute Gasteiger partial charge is 0.318 e.